The Morgan fingerprint density at radius 3 is 2.68 bits per heavy atom. The molecule has 0 bridgehead atoms. The molecule has 0 amide bonds. The predicted octanol–water partition coefficient (Wildman–Crippen LogP) is 4.50. The summed E-state index contributed by atoms with van der Waals surface area (Å²) in [6, 6.07) is 0.571. The standard InChI is InChI=1S/C18H27N3S/c1-12-9-10-15-14(11-12)16(18(20-3)22-15)17(19-2)21-13-7-5-4-6-8-13/h12-13H,3-11H2,1-2H3,(H,19,21). The molecular weight excluding hydrogens is 290 g/mol. The molecule has 3 rings (SSSR count). The third kappa shape index (κ3) is 3.12. The van der Waals surface area contributed by atoms with E-state index in [0.717, 1.165) is 23.2 Å². The van der Waals surface area contributed by atoms with Gasteiger partial charge in [0.05, 0.1) is 5.56 Å². The minimum absolute atomic E-state index is 0.571. The largest absolute Gasteiger partial charge is 0.367 e. The molecule has 2 aliphatic carbocycles. The van der Waals surface area contributed by atoms with E-state index in [1.54, 1.807) is 0 Å². The van der Waals surface area contributed by atoms with Crippen molar-refractivity contribution in [2.75, 3.05) is 7.05 Å². The van der Waals surface area contributed by atoms with E-state index in [4.69, 9.17) is 0 Å². The SMILES string of the molecule is C=Nc1sc2c(c1C(=NC)NC1CCCCC1)CC(C)CC2. The first-order valence-electron chi connectivity index (χ1n) is 8.58. The molecule has 1 aromatic heterocycles. The van der Waals surface area contributed by atoms with Crippen molar-refractivity contribution < 1.29 is 0 Å². The van der Waals surface area contributed by atoms with Gasteiger partial charge >= 0.3 is 0 Å². The zero-order chi connectivity index (χ0) is 15.5. The summed E-state index contributed by atoms with van der Waals surface area (Å²) in [6.07, 6.45) is 10.2. The number of fused-ring (bicyclic) bond motifs is 1. The van der Waals surface area contributed by atoms with Crippen molar-refractivity contribution in [3.8, 4) is 0 Å². The van der Waals surface area contributed by atoms with Gasteiger partial charge in [0.15, 0.2) is 0 Å². The van der Waals surface area contributed by atoms with E-state index in [1.807, 2.05) is 18.4 Å². The van der Waals surface area contributed by atoms with Gasteiger partial charge in [-0.05, 0) is 50.3 Å². The van der Waals surface area contributed by atoms with Crippen molar-refractivity contribution in [2.24, 2.45) is 15.9 Å². The van der Waals surface area contributed by atoms with Crippen LogP contribution in [-0.2, 0) is 12.8 Å². The van der Waals surface area contributed by atoms with Crippen molar-refractivity contribution in [3.05, 3.63) is 16.0 Å². The summed E-state index contributed by atoms with van der Waals surface area (Å²) in [7, 11) is 1.90. The molecule has 22 heavy (non-hydrogen) atoms. The lowest BCUT2D eigenvalue weighted by Gasteiger charge is -2.26. The monoisotopic (exact) mass is 317 g/mol. The van der Waals surface area contributed by atoms with E-state index < -0.39 is 0 Å². The van der Waals surface area contributed by atoms with Crippen LogP contribution >= 0.6 is 11.3 Å². The third-order valence-corrected chi connectivity index (χ3v) is 6.26. The lowest BCUT2D eigenvalue weighted by Crippen LogP contribution is -2.37. The Kier molecular flexibility index (Phi) is 4.97. The molecule has 0 spiro atoms. The van der Waals surface area contributed by atoms with Crippen LogP contribution in [0.3, 0.4) is 0 Å². The number of aryl methyl sites for hydroxylation is 1. The Bertz CT molecular complexity index is 567. The van der Waals surface area contributed by atoms with Crippen molar-refractivity contribution >= 4 is 28.9 Å². The Labute approximate surface area is 138 Å². The number of hydrogen-bond acceptors (Lipinski definition) is 3. The predicted molar refractivity (Wildman–Crippen MR) is 97.2 cm³/mol. The molecule has 1 heterocycles. The van der Waals surface area contributed by atoms with E-state index in [9.17, 15) is 0 Å². The third-order valence-electron chi connectivity index (χ3n) is 5.04. The van der Waals surface area contributed by atoms with Crippen LogP contribution in [-0.4, -0.2) is 25.6 Å². The van der Waals surface area contributed by atoms with Crippen molar-refractivity contribution in [3.63, 3.8) is 0 Å². The zero-order valence-electron chi connectivity index (χ0n) is 13.8. The number of amidine groups is 1. The van der Waals surface area contributed by atoms with Crippen LogP contribution < -0.4 is 5.32 Å². The molecule has 0 saturated heterocycles. The van der Waals surface area contributed by atoms with Crippen LogP contribution in [0.1, 0.15) is 61.5 Å². The van der Waals surface area contributed by atoms with Gasteiger partial charge in [-0.1, -0.05) is 26.2 Å². The van der Waals surface area contributed by atoms with E-state index >= 15 is 0 Å². The quantitative estimate of drug-likeness (QED) is 0.646. The molecule has 0 radical (unpaired) electrons. The van der Waals surface area contributed by atoms with Gasteiger partial charge in [-0.15, -0.1) is 11.3 Å². The molecule has 1 fully saturated rings. The Morgan fingerprint density at radius 1 is 1.23 bits per heavy atom. The first kappa shape index (κ1) is 15.7. The molecule has 1 aromatic rings. The summed E-state index contributed by atoms with van der Waals surface area (Å²) in [4.78, 5) is 10.4. The molecule has 0 aliphatic heterocycles. The minimum Gasteiger partial charge on any atom is -0.367 e. The summed E-state index contributed by atoms with van der Waals surface area (Å²) >= 11 is 1.82. The summed E-state index contributed by atoms with van der Waals surface area (Å²) in [5.74, 6) is 1.80. The topological polar surface area (TPSA) is 36.8 Å². The highest BCUT2D eigenvalue weighted by atomic mass is 32.1. The fourth-order valence-corrected chi connectivity index (χ4v) is 4.94. The lowest BCUT2D eigenvalue weighted by atomic mass is 9.87. The summed E-state index contributed by atoms with van der Waals surface area (Å²) in [6.45, 7) is 6.15. The van der Waals surface area contributed by atoms with Gasteiger partial charge in [-0.3, -0.25) is 9.98 Å². The summed E-state index contributed by atoms with van der Waals surface area (Å²) in [5, 5.41) is 4.77. The molecule has 1 saturated carbocycles. The number of nitrogens with zero attached hydrogens (tertiary/aromatic N) is 2. The highest BCUT2D eigenvalue weighted by molar-refractivity contribution is 7.16. The van der Waals surface area contributed by atoms with E-state index in [1.165, 1.54) is 60.9 Å². The molecule has 1 N–H and O–H groups in total. The van der Waals surface area contributed by atoms with E-state index in [0.29, 0.717) is 6.04 Å². The second kappa shape index (κ2) is 6.95. The van der Waals surface area contributed by atoms with Gasteiger partial charge in [0.1, 0.15) is 10.8 Å². The highest BCUT2D eigenvalue weighted by Gasteiger charge is 2.27. The molecule has 0 aromatic carbocycles. The van der Waals surface area contributed by atoms with Crippen LogP contribution in [0.25, 0.3) is 0 Å². The van der Waals surface area contributed by atoms with Crippen LogP contribution in [0.5, 0.6) is 0 Å². The fourth-order valence-electron chi connectivity index (χ4n) is 3.79. The van der Waals surface area contributed by atoms with Crippen molar-refractivity contribution in [2.45, 2.75) is 64.3 Å². The fraction of sp³-hybridized carbons (Fsp3) is 0.667. The van der Waals surface area contributed by atoms with Crippen molar-refractivity contribution in [1.29, 1.82) is 0 Å². The molecule has 1 atom stereocenters. The minimum atomic E-state index is 0.571. The smallest absolute Gasteiger partial charge is 0.131 e. The van der Waals surface area contributed by atoms with Crippen LogP contribution in [0, 0.1) is 5.92 Å². The second-order valence-electron chi connectivity index (χ2n) is 6.74. The van der Waals surface area contributed by atoms with Gasteiger partial charge in [0.2, 0.25) is 0 Å². The maximum absolute atomic E-state index is 4.59. The first-order valence-corrected chi connectivity index (χ1v) is 9.39. The Hall–Kier alpha value is -1.16. The molecule has 120 valence electrons. The maximum atomic E-state index is 4.59. The Balaban J connectivity index is 1.90. The van der Waals surface area contributed by atoms with Gasteiger partial charge < -0.3 is 5.32 Å². The number of thiophene rings is 1. The van der Waals surface area contributed by atoms with Crippen molar-refractivity contribution in [1.82, 2.24) is 5.32 Å². The van der Waals surface area contributed by atoms with Gasteiger partial charge in [0, 0.05) is 18.0 Å². The van der Waals surface area contributed by atoms with Crippen LogP contribution in [0.2, 0.25) is 0 Å². The van der Waals surface area contributed by atoms with E-state index in [2.05, 4.69) is 28.9 Å². The van der Waals surface area contributed by atoms with Gasteiger partial charge in [-0.2, -0.15) is 0 Å². The summed E-state index contributed by atoms with van der Waals surface area (Å²) in [5.41, 5.74) is 2.73. The maximum Gasteiger partial charge on any atom is 0.131 e. The molecule has 4 heteroatoms. The normalized spacial score (nSPS) is 23.2. The number of aliphatic imine (C=N–C) groups is 2. The van der Waals surface area contributed by atoms with E-state index in [-0.39, 0.29) is 0 Å². The molecular formula is C18H27N3S. The average molecular weight is 318 g/mol. The van der Waals surface area contributed by atoms with Crippen LogP contribution in [0.4, 0.5) is 5.00 Å². The molecule has 2 aliphatic rings. The molecule has 3 nitrogen and oxygen atoms in total. The summed E-state index contributed by atoms with van der Waals surface area (Å²) < 4.78 is 0. The second-order valence-corrected chi connectivity index (χ2v) is 7.83. The number of nitrogens with one attached hydrogen (secondary N) is 1. The first-order chi connectivity index (χ1) is 10.7. The number of hydrogen-bond donors (Lipinski definition) is 1. The lowest BCUT2D eigenvalue weighted by molar-refractivity contribution is 0.413. The average Bonchev–Trinajstić information content (AvgIpc) is 2.91. The molecule has 1 unspecified atom stereocenters. The Morgan fingerprint density at radius 2 is 2.00 bits per heavy atom. The van der Waals surface area contributed by atoms with Crippen LogP contribution in [0.15, 0.2) is 9.98 Å². The number of rotatable bonds is 3. The highest BCUT2D eigenvalue weighted by Crippen LogP contribution is 2.41. The van der Waals surface area contributed by atoms with Gasteiger partial charge in [0.25, 0.3) is 0 Å². The van der Waals surface area contributed by atoms with Gasteiger partial charge in [-0.25, -0.2) is 0 Å². The zero-order valence-corrected chi connectivity index (χ0v) is 14.6.